The minimum absolute atomic E-state index is 0.0336. The van der Waals surface area contributed by atoms with E-state index >= 15 is 0 Å². The molecule has 0 spiro atoms. The maximum atomic E-state index is 12.6. The summed E-state index contributed by atoms with van der Waals surface area (Å²) in [6.45, 7) is 6.65. The van der Waals surface area contributed by atoms with Gasteiger partial charge < -0.3 is 15.5 Å². The third-order valence-electron chi connectivity index (χ3n) is 4.36. The number of hydrogen-bond acceptors (Lipinski definition) is 3. The topological polar surface area (TPSA) is 61.4 Å². The van der Waals surface area contributed by atoms with Crippen LogP contribution < -0.4 is 10.6 Å². The molecule has 2 aliphatic rings. The Morgan fingerprint density at radius 1 is 1.37 bits per heavy atom. The van der Waals surface area contributed by atoms with Crippen LogP contribution in [-0.4, -0.2) is 48.9 Å². The van der Waals surface area contributed by atoms with Crippen molar-refractivity contribution in [1.82, 2.24) is 15.5 Å². The first-order valence-electron chi connectivity index (χ1n) is 7.44. The van der Waals surface area contributed by atoms with E-state index < -0.39 is 0 Å². The highest BCUT2D eigenvalue weighted by atomic mass is 16.2. The van der Waals surface area contributed by atoms with E-state index in [1.807, 2.05) is 6.92 Å². The molecule has 5 heteroatoms. The van der Waals surface area contributed by atoms with Crippen molar-refractivity contribution in [2.75, 3.05) is 26.2 Å². The summed E-state index contributed by atoms with van der Waals surface area (Å²) in [5, 5.41) is 6.04. The number of carbonyl (C=O) groups is 2. The lowest BCUT2D eigenvalue weighted by atomic mass is 9.95. The van der Waals surface area contributed by atoms with Gasteiger partial charge in [0.05, 0.1) is 0 Å². The first kappa shape index (κ1) is 14.3. The van der Waals surface area contributed by atoms with Gasteiger partial charge in [0.15, 0.2) is 0 Å². The number of carbonyl (C=O) groups excluding carboxylic acids is 2. The van der Waals surface area contributed by atoms with Crippen LogP contribution in [0.4, 0.5) is 0 Å². The molecule has 0 aromatic carbocycles. The summed E-state index contributed by atoms with van der Waals surface area (Å²) in [5.41, 5.74) is 0. The van der Waals surface area contributed by atoms with Gasteiger partial charge in [-0.2, -0.15) is 0 Å². The summed E-state index contributed by atoms with van der Waals surface area (Å²) >= 11 is 0. The molecule has 0 aromatic heterocycles. The van der Waals surface area contributed by atoms with Crippen LogP contribution in [0.5, 0.6) is 0 Å². The average molecular weight is 267 g/mol. The van der Waals surface area contributed by atoms with Crippen molar-refractivity contribution in [3.05, 3.63) is 0 Å². The number of nitrogens with zero attached hydrogens (tertiary/aromatic N) is 1. The molecule has 2 N–H and O–H groups in total. The highest BCUT2D eigenvalue weighted by molar-refractivity contribution is 5.89. The molecule has 1 aliphatic carbocycles. The third-order valence-corrected chi connectivity index (χ3v) is 4.36. The van der Waals surface area contributed by atoms with E-state index in [-0.39, 0.29) is 23.8 Å². The number of piperazine rings is 1. The lowest BCUT2D eigenvalue weighted by molar-refractivity contribution is -0.145. The molecule has 3 atom stereocenters. The number of rotatable bonds is 3. The molecule has 1 saturated carbocycles. The minimum atomic E-state index is -0.339. The van der Waals surface area contributed by atoms with Crippen LogP contribution in [0, 0.1) is 11.8 Å². The molecule has 1 saturated heterocycles. The summed E-state index contributed by atoms with van der Waals surface area (Å²) in [6, 6.07) is -0.339. The quantitative estimate of drug-likeness (QED) is 0.776. The lowest BCUT2D eigenvalue weighted by Crippen LogP contribution is -2.60. The molecule has 108 valence electrons. The van der Waals surface area contributed by atoms with Crippen molar-refractivity contribution in [2.24, 2.45) is 11.8 Å². The van der Waals surface area contributed by atoms with Gasteiger partial charge in [-0.25, -0.2) is 0 Å². The van der Waals surface area contributed by atoms with Crippen molar-refractivity contribution >= 4 is 11.8 Å². The van der Waals surface area contributed by atoms with Crippen molar-refractivity contribution in [3.63, 3.8) is 0 Å². The average Bonchev–Trinajstić information content (AvgIpc) is 2.84. The van der Waals surface area contributed by atoms with Crippen molar-refractivity contribution < 1.29 is 9.59 Å². The van der Waals surface area contributed by atoms with Gasteiger partial charge in [-0.15, -0.1) is 0 Å². The maximum absolute atomic E-state index is 12.6. The lowest BCUT2D eigenvalue weighted by Gasteiger charge is -2.37. The monoisotopic (exact) mass is 267 g/mol. The van der Waals surface area contributed by atoms with E-state index in [2.05, 4.69) is 17.6 Å². The highest BCUT2D eigenvalue weighted by Gasteiger charge is 2.38. The van der Waals surface area contributed by atoms with Crippen LogP contribution in [-0.2, 0) is 9.59 Å². The van der Waals surface area contributed by atoms with E-state index in [9.17, 15) is 9.59 Å². The molecule has 0 aromatic rings. The van der Waals surface area contributed by atoms with Gasteiger partial charge in [0, 0.05) is 32.1 Å². The van der Waals surface area contributed by atoms with Crippen molar-refractivity contribution in [2.45, 2.75) is 39.2 Å². The number of nitrogens with one attached hydrogen (secondary N) is 2. The zero-order valence-electron chi connectivity index (χ0n) is 11.9. The van der Waals surface area contributed by atoms with E-state index in [0.717, 1.165) is 25.8 Å². The molecule has 19 heavy (non-hydrogen) atoms. The molecule has 5 nitrogen and oxygen atoms in total. The van der Waals surface area contributed by atoms with Gasteiger partial charge >= 0.3 is 0 Å². The molecular weight excluding hydrogens is 242 g/mol. The Balaban J connectivity index is 2.06. The van der Waals surface area contributed by atoms with Crippen LogP contribution in [0.1, 0.15) is 33.1 Å². The summed E-state index contributed by atoms with van der Waals surface area (Å²) in [4.78, 5) is 26.5. The predicted octanol–water partition coefficient (Wildman–Crippen LogP) is 0.359. The molecule has 3 unspecified atom stereocenters. The normalized spacial score (nSPS) is 31.3. The smallest absolute Gasteiger partial charge is 0.244 e. The van der Waals surface area contributed by atoms with Crippen LogP contribution in [0.15, 0.2) is 0 Å². The van der Waals surface area contributed by atoms with E-state index in [4.69, 9.17) is 0 Å². The fourth-order valence-corrected chi connectivity index (χ4v) is 3.22. The molecule has 1 heterocycles. The summed E-state index contributed by atoms with van der Waals surface area (Å²) < 4.78 is 0. The maximum Gasteiger partial charge on any atom is 0.244 e. The van der Waals surface area contributed by atoms with Gasteiger partial charge in [-0.1, -0.05) is 13.3 Å². The second kappa shape index (κ2) is 6.37. The number of hydrogen-bond donors (Lipinski definition) is 2. The third kappa shape index (κ3) is 3.08. The Bertz CT molecular complexity index is 346. The summed E-state index contributed by atoms with van der Waals surface area (Å²) in [5.74, 6) is 0.726. The molecule has 2 fully saturated rings. The fraction of sp³-hybridized carbons (Fsp3) is 0.857. The van der Waals surface area contributed by atoms with Crippen molar-refractivity contribution in [1.29, 1.82) is 0 Å². The van der Waals surface area contributed by atoms with E-state index in [0.29, 0.717) is 25.6 Å². The molecule has 0 bridgehead atoms. The van der Waals surface area contributed by atoms with Gasteiger partial charge in [-0.3, -0.25) is 9.59 Å². The zero-order valence-corrected chi connectivity index (χ0v) is 11.9. The van der Waals surface area contributed by atoms with Crippen molar-refractivity contribution in [3.8, 4) is 0 Å². The van der Waals surface area contributed by atoms with Gasteiger partial charge in [-0.05, 0) is 25.7 Å². The SMILES string of the molecule is CCNC(=O)C1CNCCN1C(=O)C1CCCC1C. The molecular formula is C14H25N3O2. The second-order valence-electron chi connectivity index (χ2n) is 5.66. The number of likely N-dealkylation sites (N-methyl/N-ethyl adjacent to an activating group) is 1. The predicted molar refractivity (Wildman–Crippen MR) is 73.6 cm³/mol. The molecule has 0 radical (unpaired) electrons. The Morgan fingerprint density at radius 3 is 2.79 bits per heavy atom. The Kier molecular flexibility index (Phi) is 4.80. The second-order valence-corrected chi connectivity index (χ2v) is 5.66. The van der Waals surface area contributed by atoms with Gasteiger partial charge in [0.1, 0.15) is 6.04 Å². The Labute approximate surface area is 115 Å². The minimum Gasteiger partial charge on any atom is -0.355 e. The standard InChI is InChI=1S/C14H25N3O2/c1-3-16-13(18)12-9-15-7-8-17(12)14(19)11-6-4-5-10(11)2/h10-12,15H,3-9H2,1-2H3,(H,16,18). The zero-order chi connectivity index (χ0) is 13.8. The Hall–Kier alpha value is -1.10. The molecule has 1 aliphatic heterocycles. The molecule has 2 amide bonds. The van der Waals surface area contributed by atoms with Crippen LogP contribution in [0.25, 0.3) is 0 Å². The Morgan fingerprint density at radius 2 is 2.16 bits per heavy atom. The molecule has 2 rings (SSSR count). The van der Waals surface area contributed by atoms with E-state index in [1.165, 1.54) is 0 Å². The summed E-state index contributed by atoms with van der Waals surface area (Å²) in [6.07, 6.45) is 3.25. The first-order valence-corrected chi connectivity index (χ1v) is 7.44. The number of amides is 2. The van der Waals surface area contributed by atoms with Crippen LogP contribution >= 0.6 is 0 Å². The largest absolute Gasteiger partial charge is 0.355 e. The summed E-state index contributed by atoms with van der Waals surface area (Å²) in [7, 11) is 0. The van der Waals surface area contributed by atoms with Crippen LogP contribution in [0.3, 0.4) is 0 Å². The van der Waals surface area contributed by atoms with Crippen LogP contribution in [0.2, 0.25) is 0 Å². The van der Waals surface area contributed by atoms with Gasteiger partial charge in [0.25, 0.3) is 0 Å². The van der Waals surface area contributed by atoms with Gasteiger partial charge in [0.2, 0.25) is 11.8 Å². The first-order chi connectivity index (χ1) is 9.15. The van der Waals surface area contributed by atoms with E-state index in [1.54, 1.807) is 4.90 Å². The fourth-order valence-electron chi connectivity index (χ4n) is 3.22. The highest BCUT2D eigenvalue weighted by Crippen LogP contribution is 2.33.